The quantitative estimate of drug-likeness (QED) is 0.201. The summed E-state index contributed by atoms with van der Waals surface area (Å²) in [5.41, 5.74) is 0. The van der Waals surface area contributed by atoms with Gasteiger partial charge in [-0.1, -0.05) is 19.1 Å². The number of allylic oxidation sites excluding steroid dienone is 1. The number of fused-ring (bicyclic) bond motifs is 1. The summed E-state index contributed by atoms with van der Waals surface area (Å²) in [4.78, 5) is 45.1. The van der Waals surface area contributed by atoms with Gasteiger partial charge in [-0.25, -0.2) is 0 Å². The van der Waals surface area contributed by atoms with E-state index < -0.39 is 22.6 Å². The lowest BCUT2D eigenvalue weighted by Crippen LogP contribution is -2.58. The van der Waals surface area contributed by atoms with Gasteiger partial charge in [0.05, 0.1) is 23.2 Å². The Bertz CT molecular complexity index is 833. The number of hydrogen-bond donors (Lipinski definition) is 1. The van der Waals surface area contributed by atoms with Gasteiger partial charge in [0, 0.05) is 31.0 Å². The molecule has 0 aromatic rings. The van der Waals surface area contributed by atoms with Crippen molar-refractivity contribution >= 4 is 29.5 Å². The number of likely N-dealkylation sites (tertiary alicyclic amines) is 1. The smallest absolute Gasteiger partial charge is 0.310 e. The van der Waals surface area contributed by atoms with Crippen LogP contribution < -0.4 is 0 Å². The van der Waals surface area contributed by atoms with Crippen LogP contribution in [0.15, 0.2) is 25.3 Å². The lowest BCUT2D eigenvalue weighted by molar-refractivity contribution is -0.154. The van der Waals surface area contributed by atoms with Crippen molar-refractivity contribution in [2.45, 2.75) is 87.8 Å². The van der Waals surface area contributed by atoms with Crippen molar-refractivity contribution < 1.29 is 24.2 Å². The van der Waals surface area contributed by atoms with Crippen LogP contribution >= 0.6 is 11.8 Å². The highest BCUT2D eigenvalue weighted by atomic mass is 32.2. The van der Waals surface area contributed by atoms with E-state index in [1.54, 1.807) is 27.6 Å². The molecule has 3 heterocycles. The Kier molecular flexibility index (Phi) is 10.1. The van der Waals surface area contributed by atoms with Gasteiger partial charge in [0.2, 0.25) is 11.8 Å². The number of unbranched alkanes of at least 4 members (excludes halogenated alkanes) is 4. The van der Waals surface area contributed by atoms with Crippen LogP contribution in [-0.4, -0.2) is 81.1 Å². The van der Waals surface area contributed by atoms with Crippen molar-refractivity contribution in [3.05, 3.63) is 25.3 Å². The van der Waals surface area contributed by atoms with E-state index in [-0.39, 0.29) is 41.6 Å². The Morgan fingerprint density at radius 2 is 1.97 bits per heavy atom. The fraction of sp³-hybridized carbons (Fsp3) is 0.750. The maximum Gasteiger partial charge on any atom is 0.310 e. The number of hydrogen-bond acceptors (Lipinski definition) is 6. The van der Waals surface area contributed by atoms with E-state index in [9.17, 15) is 19.5 Å². The van der Waals surface area contributed by atoms with Crippen LogP contribution in [0.1, 0.15) is 65.7 Å². The second-order valence-corrected chi connectivity index (χ2v) is 12.2. The van der Waals surface area contributed by atoms with Crippen molar-refractivity contribution in [2.24, 2.45) is 17.8 Å². The molecule has 3 aliphatic rings. The second kappa shape index (κ2) is 12.6. The number of esters is 1. The van der Waals surface area contributed by atoms with Gasteiger partial charge in [0.15, 0.2) is 0 Å². The highest BCUT2D eigenvalue weighted by Gasteiger charge is 2.76. The van der Waals surface area contributed by atoms with Crippen LogP contribution in [0.25, 0.3) is 0 Å². The van der Waals surface area contributed by atoms with E-state index in [0.717, 1.165) is 32.1 Å². The Morgan fingerprint density at radius 1 is 1.22 bits per heavy atom. The van der Waals surface area contributed by atoms with Gasteiger partial charge < -0.3 is 19.6 Å². The number of ether oxygens (including phenoxy) is 1. The third-order valence-corrected chi connectivity index (χ3v) is 10.2. The first-order valence-corrected chi connectivity index (χ1v) is 14.4. The number of carbonyl (C=O) groups is 3. The molecular formula is C28H44N2O5S. The molecule has 1 N–H and O–H groups in total. The number of aliphatic hydroxyl groups excluding tert-OH is 1. The Hall–Kier alpha value is -1.80. The summed E-state index contributed by atoms with van der Waals surface area (Å²) >= 11 is 1.69. The topological polar surface area (TPSA) is 87.1 Å². The van der Waals surface area contributed by atoms with E-state index in [2.05, 4.69) is 20.1 Å². The summed E-state index contributed by atoms with van der Waals surface area (Å²) in [5.74, 6) is -1.36. The van der Waals surface area contributed by atoms with Gasteiger partial charge in [-0.15, -0.1) is 24.9 Å². The number of thioether (sulfide) groups is 1. The van der Waals surface area contributed by atoms with Crippen LogP contribution in [0.3, 0.4) is 0 Å². The third-order valence-electron chi connectivity index (χ3n) is 8.09. The zero-order valence-electron chi connectivity index (χ0n) is 22.2. The molecule has 3 unspecified atom stereocenters. The zero-order chi connectivity index (χ0) is 26.5. The summed E-state index contributed by atoms with van der Waals surface area (Å²) < 4.78 is 5.06. The molecule has 3 rings (SSSR count). The summed E-state index contributed by atoms with van der Waals surface area (Å²) in [6.07, 6.45) is 9.10. The first-order valence-electron chi connectivity index (χ1n) is 13.5. The van der Waals surface area contributed by atoms with E-state index in [0.29, 0.717) is 32.5 Å². The average molecular weight is 521 g/mol. The minimum atomic E-state index is -0.628. The standard InChI is InChI=1S/C28H44N2O5S/c1-6-8-9-13-17-35-27(34)22-21-18-20(5)28(36-21)23(22)25(32)30(15-11-10-12-16-31)24(28)26(33)29(14-7-2)19(3)4/h6-7,19-24,31H,1-2,8-18H2,3-5H3/t20?,21-,22+,23+,24?,28?/m1/s1. The molecule has 3 fully saturated rings. The fourth-order valence-electron chi connectivity index (χ4n) is 6.39. The van der Waals surface area contributed by atoms with Crippen molar-refractivity contribution in [3.8, 4) is 0 Å². The van der Waals surface area contributed by atoms with Crippen molar-refractivity contribution in [3.63, 3.8) is 0 Å². The SMILES string of the molecule is C=CCCCCOC(=O)[C@@H]1[C@H]2C(=O)N(CCCCCO)C(C(=O)N(CC=C)C(C)C)C23S[C@@H]1CC3C. The summed E-state index contributed by atoms with van der Waals surface area (Å²) in [6.45, 7) is 15.0. The lowest BCUT2D eigenvalue weighted by atomic mass is 9.66. The molecule has 2 bridgehead atoms. The first-order chi connectivity index (χ1) is 17.3. The van der Waals surface area contributed by atoms with E-state index >= 15 is 0 Å². The number of aliphatic hydroxyl groups is 1. The number of rotatable bonds is 15. The summed E-state index contributed by atoms with van der Waals surface area (Å²) in [7, 11) is 0. The molecule has 3 saturated heterocycles. The van der Waals surface area contributed by atoms with Crippen LogP contribution in [-0.2, 0) is 19.1 Å². The second-order valence-electron chi connectivity index (χ2n) is 10.7. The van der Waals surface area contributed by atoms with Gasteiger partial charge in [0.1, 0.15) is 6.04 Å². The minimum absolute atomic E-state index is 0.00614. The first kappa shape index (κ1) is 28.8. The van der Waals surface area contributed by atoms with Crippen molar-refractivity contribution in [1.82, 2.24) is 9.80 Å². The fourth-order valence-corrected chi connectivity index (χ4v) is 8.79. The maximum absolute atomic E-state index is 14.1. The molecule has 3 aliphatic heterocycles. The number of nitrogens with zero attached hydrogens (tertiary/aromatic N) is 2. The Balaban J connectivity index is 1.91. The number of carbonyl (C=O) groups excluding carboxylic acids is 3. The van der Waals surface area contributed by atoms with Crippen LogP contribution in [0.5, 0.6) is 0 Å². The van der Waals surface area contributed by atoms with Crippen LogP contribution in [0.4, 0.5) is 0 Å². The molecule has 7 nitrogen and oxygen atoms in total. The van der Waals surface area contributed by atoms with Gasteiger partial charge in [0.25, 0.3) is 0 Å². The molecule has 1 spiro atoms. The van der Waals surface area contributed by atoms with Gasteiger partial charge in [-0.2, -0.15) is 0 Å². The third kappa shape index (κ3) is 5.26. The molecule has 8 heteroatoms. The zero-order valence-corrected chi connectivity index (χ0v) is 23.0. The molecule has 0 aromatic heterocycles. The minimum Gasteiger partial charge on any atom is -0.465 e. The molecule has 202 valence electrons. The summed E-state index contributed by atoms with van der Waals surface area (Å²) in [5, 5.41) is 9.19. The van der Waals surface area contributed by atoms with Crippen LogP contribution in [0.2, 0.25) is 0 Å². The molecule has 2 amide bonds. The largest absolute Gasteiger partial charge is 0.465 e. The average Bonchev–Trinajstić information content (AvgIpc) is 3.43. The summed E-state index contributed by atoms with van der Waals surface area (Å²) in [6, 6.07) is -0.644. The lowest BCUT2D eigenvalue weighted by Gasteiger charge is -2.41. The van der Waals surface area contributed by atoms with Gasteiger partial charge in [-0.3, -0.25) is 14.4 Å². The molecule has 0 radical (unpaired) electrons. The van der Waals surface area contributed by atoms with E-state index in [1.807, 2.05) is 19.9 Å². The highest BCUT2D eigenvalue weighted by molar-refractivity contribution is 8.02. The monoisotopic (exact) mass is 520 g/mol. The van der Waals surface area contributed by atoms with E-state index in [4.69, 9.17) is 4.74 Å². The molecule has 0 aliphatic carbocycles. The predicted molar refractivity (Wildman–Crippen MR) is 143 cm³/mol. The molecular weight excluding hydrogens is 476 g/mol. The Labute approximate surface area is 220 Å². The predicted octanol–water partition coefficient (Wildman–Crippen LogP) is 3.81. The molecule has 6 atom stereocenters. The van der Waals surface area contributed by atoms with Gasteiger partial charge >= 0.3 is 5.97 Å². The Morgan fingerprint density at radius 3 is 2.61 bits per heavy atom. The van der Waals surface area contributed by atoms with Crippen molar-refractivity contribution in [2.75, 3.05) is 26.3 Å². The molecule has 36 heavy (non-hydrogen) atoms. The molecule has 0 aromatic carbocycles. The van der Waals surface area contributed by atoms with Crippen LogP contribution in [0, 0.1) is 17.8 Å². The molecule has 0 saturated carbocycles. The van der Waals surface area contributed by atoms with Crippen molar-refractivity contribution in [1.29, 1.82) is 0 Å². The maximum atomic E-state index is 14.1. The highest BCUT2D eigenvalue weighted by Crippen LogP contribution is 2.68. The number of amides is 2. The van der Waals surface area contributed by atoms with E-state index in [1.165, 1.54) is 0 Å². The normalized spacial score (nSPS) is 30.5. The van der Waals surface area contributed by atoms with Gasteiger partial charge in [-0.05, 0) is 64.7 Å².